The summed E-state index contributed by atoms with van der Waals surface area (Å²) in [6.07, 6.45) is 0. The number of hydrogen-bond acceptors (Lipinski definition) is 4. The van der Waals surface area contributed by atoms with E-state index in [2.05, 4.69) is 5.10 Å². The van der Waals surface area contributed by atoms with Gasteiger partial charge in [-0.1, -0.05) is 23.7 Å². The molecule has 0 radical (unpaired) electrons. The van der Waals surface area contributed by atoms with Crippen molar-refractivity contribution in [2.45, 2.75) is 6.92 Å². The Morgan fingerprint density at radius 1 is 0.909 bits per heavy atom. The number of nitrogens with zero attached hydrogens (tertiary/aromatic N) is 4. The predicted molar refractivity (Wildman–Crippen MR) is 118 cm³/mol. The molecule has 7 nitrogen and oxygen atoms in total. The highest BCUT2D eigenvalue weighted by molar-refractivity contribution is 6.31. The van der Waals surface area contributed by atoms with Gasteiger partial charge in [0.15, 0.2) is 5.69 Å². The molecule has 2 aromatic carbocycles. The molecule has 2 amide bonds. The Morgan fingerprint density at radius 2 is 1.55 bits per heavy atom. The number of halogens is 3. The van der Waals surface area contributed by atoms with Gasteiger partial charge in [0.2, 0.25) is 5.43 Å². The number of aromatic nitrogens is 2. The Hall–Kier alpha value is -3.59. The summed E-state index contributed by atoms with van der Waals surface area (Å²) in [5.74, 6) is -2.38. The SMILES string of the molecule is Cc1cc(=O)c(C(=O)N2CCN(C(=O)c3cc(Cl)ccc3F)CC2)nn1-c1ccccc1F. The van der Waals surface area contributed by atoms with Gasteiger partial charge in [-0.2, -0.15) is 5.10 Å². The fourth-order valence-corrected chi connectivity index (χ4v) is 3.83. The van der Waals surface area contributed by atoms with E-state index in [0.29, 0.717) is 5.69 Å². The molecule has 170 valence electrons. The van der Waals surface area contributed by atoms with Crippen LogP contribution in [0.15, 0.2) is 53.3 Å². The van der Waals surface area contributed by atoms with Gasteiger partial charge < -0.3 is 9.80 Å². The molecule has 0 spiro atoms. The second-order valence-electron chi connectivity index (χ2n) is 7.57. The van der Waals surface area contributed by atoms with Crippen LogP contribution in [-0.2, 0) is 0 Å². The summed E-state index contributed by atoms with van der Waals surface area (Å²) in [6.45, 7) is 2.13. The van der Waals surface area contributed by atoms with Crippen molar-refractivity contribution in [1.29, 1.82) is 0 Å². The molecule has 1 aliphatic rings. The Morgan fingerprint density at radius 3 is 2.21 bits per heavy atom. The van der Waals surface area contributed by atoms with Crippen LogP contribution >= 0.6 is 11.6 Å². The quantitative estimate of drug-likeness (QED) is 0.587. The molecular formula is C23H19ClF2N4O3. The van der Waals surface area contributed by atoms with Crippen LogP contribution in [0.4, 0.5) is 8.78 Å². The Labute approximate surface area is 192 Å². The molecule has 0 N–H and O–H groups in total. The summed E-state index contributed by atoms with van der Waals surface area (Å²) >= 11 is 5.87. The van der Waals surface area contributed by atoms with Crippen molar-refractivity contribution in [1.82, 2.24) is 19.6 Å². The Kier molecular flexibility index (Phi) is 6.24. The smallest absolute Gasteiger partial charge is 0.278 e. The molecule has 0 saturated carbocycles. The van der Waals surface area contributed by atoms with Crippen molar-refractivity contribution in [3.63, 3.8) is 0 Å². The Balaban J connectivity index is 1.53. The summed E-state index contributed by atoms with van der Waals surface area (Å²) in [5, 5.41) is 4.37. The summed E-state index contributed by atoms with van der Waals surface area (Å²) in [6, 6.07) is 10.9. The first kappa shape index (κ1) is 22.6. The molecule has 2 heterocycles. The first-order valence-corrected chi connectivity index (χ1v) is 10.5. The molecule has 0 aliphatic carbocycles. The number of carbonyl (C=O) groups excluding carboxylic acids is 2. The van der Waals surface area contributed by atoms with E-state index in [4.69, 9.17) is 11.6 Å². The van der Waals surface area contributed by atoms with E-state index in [1.165, 1.54) is 50.9 Å². The minimum Gasteiger partial charge on any atom is -0.335 e. The Bertz CT molecular complexity index is 1300. The van der Waals surface area contributed by atoms with E-state index in [0.717, 1.165) is 6.07 Å². The molecule has 1 saturated heterocycles. The number of rotatable bonds is 3. The summed E-state index contributed by atoms with van der Waals surface area (Å²) in [4.78, 5) is 41.0. The van der Waals surface area contributed by atoms with Gasteiger partial charge in [0.25, 0.3) is 11.8 Å². The van der Waals surface area contributed by atoms with E-state index in [-0.39, 0.29) is 48.1 Å². The van der Waals surface area contributed by atoms with Gasteiger partial charge in [-0.05, 0) is 37.3 Å². The van der Waals surface area contributed by atoms with E-state index in [9.17, 15) is 23.2 Å². The van der Waals surface area contributed by atoms with Crippen LogP contribution in [0.25, 0.3) is 5.69 Å². The second kappa shape index (κ2) is 9.11. The maximum Gasteiger partial charge on any atom is 0.278 e. The standard InChI is InChI=1S/C23H19ClF2N4O3/c1-14-12-20(31)21(27-30(14)19-5-3-2-4-18(19)26)23(33)29-10-8-28(9-11-29)22(32)16-13-15(24)6-7-17(16)25/h2-7,12-13H,8-11H2,1H3. The molecule has 4 rings (SSSR count). The molecule has 0 atom stereocenters. The summed E-state index contributed by atoms with van der Waals surface area (Å²) in [7, 11) is 0. The molecule has 1 fully saturated rings. The monoisotopic (exact) mass is 472 g/mol. The van der Waals surface area contributed by atoms with Crippen LogP contribution in [0.2, 0.25) is 5.02 Å². The van der Waals surface area contributed by atoms with E-state index >= 15 is 0 Å². The molecule has 10 heteroatoms. The lowest BCUT2D eigenvalue weighted by atomic mass is 10.1. The van der Waals surface area contributed by atoms with Crippen LogP contribution in [0.3, 0.4) is 0 Å². The van der Waals surface area contributed by atoms with Crippen molar-refractivity contribution < 1.29 is 18.4 Å². The van der Waals surface area contributed by atoms with Crippen molar-refractivity contribution in [2.24, 2.45) is 0 Å². The van der Waals surface area contributed by atoms with Gasteiger partial charge in [-0.25, -0.2) is 13.5 Å². The number of amides is 2. The topological polar surface area (TPSA) is 75.5 Å². The molecule has 1 aliphatic heterocycles. The average molecular weight is 473 g/mol. The molecule has 3 aromatic rings. The first-order valence-electron chi connectivity index (χ1n) is 10.2. The van der Waals surface area contributed by atoms with Crippen molar-refractivity contribution in [2.75, 3.05) is 26.2 Å². The predicted octanol–water partition coefficient (Wildman–Crippen LogP) is 3.07. The number of para-hydroxylation sites is 1. The minimum atomic E-state index is -0.680. The normalized spacial score (nSPS) is 13.8. The largest absolute Gasteiger partial charge is 0.335 e. The highest BCUT2D eigenvalue weighted by Crippen LogP contribution is 2.18. The van der Waals surface area contributed by atoms with Crippen LogP contribution in [0.1, 0.15) is 26.5 Å². The fourth-order valence-electron chi connectivity index (χ4n) is 3.66. The summed E-state index contributed by atoms with van der Waals surface area (Å²) < 4.78 is 29.5. The van der Waals surface area contributed by atoms with Gasteiger partial charge in [0.05, 0.1) is 5.56 Å². The third kappa shape index (κ3) is 4.49. The van der Waals surface area contributed by atoms with Crippen molar-refractivity contribution in [3.8, 4) is 5.69 Å². The van der Waals surface area contributed by atoms with Gasteiger partial charge in [0.1, 0.15) is 17.3 Å². The van der Waals surface area contributed by atoms with Gasteiger partial charge in [0, 0.05) is 43.0 Å². The van der Waals surface area contributed by atoms with Gasteiger partial charge >= 0.3 is 0 Å². The molecule has 1 aromatic heterocycles. The highest BCUT2D eigenvalue weighted by Gasteiger charge is 2.29. The zero-order valence-electron chi connectivity index (χ0n) is 17.6. The maximum absolute atomic E-state index is 14.2. The first-order chi connectivity index (χ1) is 15.8. The number of aryl methyl sites for hydroxylation is 1. The lowest BCUT2D eigenvalue weighted by Crippen LogP contribution is -2.51. The zero-order chi connectivity index (χ0) is 23.7. The van der Waals surface area contributed by atoms with Gasteiger partial charge in [-0.3, -0.25) is 14.4 Å². The third-order valence-electron chi connectivity index (χ3n) is 5.40. The van der Waals surface area contributed by atoms with Crippen LogP contribution < -0.4 is 5.43 Å². The molecule has 0 unspecified atom stereocenters. The fraction of sp³-hybridized carbons (Fsp3) is 0.217. The average Bonchev–Trinajstić information content (AvgIpc) is 2.81. The summed E-state index contributed by atoms with van der Waals surface area (Å²) in [5.41, 5.74) is -0.576. The lowest BCUT2D eigenvalue weighted by molar-refractivity contribution is 0.0527. The van der Waals surface area contributed by atoms with Gasteiger partial charge in [-0.15, -0.1) is 0 Å². The number of carbonyl (C=O) groups is 2. The van der Waals surface area contributed by atoms with Crippen LogP contribution in [0.5, 0.6) is 0 Å². The maximum atomic E-state index is 14.2. The highest BCUT2D eigenvalue weighted by atomic mass is 35.5. The zero-order valence-corrected chi connectivity index (χ0v) is 18.4. The minimum absolute atomic E-state index is 0.114. The number of benzene rings is 2. The molecule has 0 bridgehead atoms. The number of hydrogen-bond donors (Lipinski definition) is 0. The second-order valence-corrected chi connectivity index (χ2v) is 8.01. The van der Waals surface area contributed by atoms with Crippen molar-refractivity contribution >= 4 is 23.4 Å². The number of piperazine rings is 1. The van der Waals surface area contributed by atoms with Crippen LogP contribution in [-0.4, -0.2) is 57.6 Å². The van der Waals surface area contributed by atoms with Crippen LogP contribution in [0, 0.1) is 18.6 Å². The van der Waals surface area contributed by atoms with E-state index in [1.807, 2.05) is 0 Å². The van der Waals surface area contributed by atoms with E-state index in [1.54, 1.807) is 13.0 Å². The molecule has 33 heavy (non-hydrogen) atoms. The van der Waals surface area contributed by atoms with Crippen molar-refractivity contribution in [3.05, 3.63) is 92.4 Å². The third-order valence-corrected chi connectivity index (χ3v) is 5.64. The molecular weight excluding hydrogens is 454 g/mol. The lowest BCUT2D eigenvalue weighted by Gasteiger charge is -2.34. The van der Waals surface area contributed by atoms with E-state index < -0.39 is 28.9 Å².